The second-order valence-corrected chi connectivity index (χ2v) is 4.37. The van der Waals surface area contributed by atoms with Crippen LogP contribution in [-0.2, 0) is 13.1 Å². The van der Waals surface area contributed by atoms with Crippen LogP contribution in [0, 0.1) is 0 Å². The molecule has 0 saturated heterocycles. The SMILES string of the molecule is CN(C)Cc1coc(CNCCNCCN)c1. The molecule has 0 unspecified atom stereocenters. The molecule has 0 aliphatic rings. The van der Waals surface area contributed by atoms with Gasteiger partial charge in [0.15, 0.2) is 0 Å². The summed E-state index contributed by atoms with van der Waals surface area (Å²) in [6.07, 6.45) is 1.82. The largest absolute Gasteiger partial charge is 0.468 e. The van der Waals surface area contributed by atoms with Crippen LogP contribution < -0.4 is 16.4 Å². The van der Waals surface area contributed by atoms with Gasteiger partial charge in [-0.05, 0) is 20.2 Å². The monoisotopic (exact) mass is 240 g/mol. The Morgan fingerprint density at radius 2 is 2.00 bits per heavy atom. The van der Waals surface area contributed by atoms with Crippen molar-refractivity contribution in [1.29, 1.82) is 0 Å². The van der Waals surface area contributed by atoms with E-state index in [0.717, 1.165) is 38.5 Å². The second-order valence-electron chi connectivity index (χ2n) is 4.37. The molecule has 4 N–H and O–H groups in total. The van der Waals surface area contributed by atoms with Crippen LogP contribution in [0.3, 0.4) is 0 Å². The Balaban J connectivity index is 2.12. The third-order valence-electron chi connectivity index (χ3n) is 2.31. The van der Waals surface area contributed by atoms with Crippen molar-refractivity contribution in [3.8, 4) is 0 Å². The smallest absolute Gasteiger partial charge is 0.117 e. The highest BCUT2D eigenvalue weighted by atomic mass is 16.3. The average Bonchev–Trinajstić information content (AvgIpc) is 2.70. The summed E-state index contributed by atoms with van der Waals surface area (Å²) in [6, 6.07) is 2.10. The molecule has 1 aromatic rings. The standard InChI is InChI=1S/C12H24N4O/c1-16(2)9-11-7-12(17-10-11)8-15-6-5-14-4-3-13/h7,10,14-15H,3-6,8-9,13H2,1-2H3. The molecule has 0 atom stereocenters. The van der Waals surface area contributed by atoms with Crippen molar-refractivity contribution in [2.24, 2.45) is 5.73 Å². The van der Waals surface area contributed by atoms with Crippen LogP contribution in [0.5, 0.6) is 0 Å². The minimum Gasteiger partial charge on any atom is -0.468 e. The molecule has 17 heavy (non-hydrogen) atoms. The highest BCUT2D eigenvalue weighted by Crippen LogP contribution is 2.08. The van der Waals surface area contributed by atoms with E-state index in [1.807, 2.05) is 20.4 Å². The van der Waals surface area contributed by atoms with Gasteiger partial charge in [0.25, 0.3) is 0 Å². The molecule has 5 heteroatoms. The first-order chi connectivity index (χ1) is 8.22. The number of hydrogen-bond donors (Lipinski definition) is 3. The summed E-state index contributed by atoms with van der Waals surface area (Å²) in [4.78, 5) is 2.12. The molecule has 0 spiro atoms. The molecule has 1 aromatic heterocycles. The first kappa shape index (κ1) is 14.2. The van der Waals surface area contributed by atoms with Gasteiger partial charge in [-0.3, -0.25) is 0 Å². The van der Waals surface area contributed by atoms with E-state index >= 15 is 0 Å². The van der Waals surface area contributed by atoms with Gasteiger partial charge in [0.05, 0.1) is 12.8 Å². The molecule has 5 nitrogen and oxygen atoms in total. The summed E-state index contributed by atoms with van der Waals surface area (Å²) in [5.74, 6) is 0.987. The minimum atomic E-state index is 0.687. The Kier molecular flexibility index (Phi) is 6.88. The van der Waals surface area contributed by atoms with Gasteiger partial charge in [-0.2, -0.15) is 0 Å². The molecule has 0 amide bonds. The third kappa shape index (κ3) is 6.43. The van der Waals surface area contributed by atoms with Crippen molar-refractivity contribution in [2.45, 2.75) is 13.1 Å². The molecule has 0 radical (unpaired) electrons. The molecular formula is C12H24N4O. The van der Waals surface area contributed by atoms with E-state index in [2.05, 4.69) is 21.6 Å². The Morgan fingerprint density at radius 3 is 2.71 bits per heavy atom. The van der Waals surface area contributed by atoms with Gasteiger partial charge >= 0.3 is 0 Å². The number of rotatable bonds is 9. The lowest BCUT2D eigenvalue weighted by atomic mass is 10.3. The van der Waals surface area contributed by atoms with Gasteiger partial charge in [0.1, 0.15) is 5.76 Å². The molecule has 1 rings (SSSR count). The number of nitrogens with two attached hydrogens (primary N) is 1. The zero-order chi connectivity index (χ0) is 12.5. The van der Waals surface area contributed by atoms with Crippen LogP contribution >= 0.6 is 0 Å². The van der Waals surface area contributed by atoms with E-state index in [9.17, 15) is 0 Å². The van der Waals surface area contributed by atoms with Crippen molar-refractivity contribution < 1.29 is 4.42 Å². The first-order valence-corrected chi connectivity index (χ1v) is 6.05. The fraction of sp³-hybridized carbons (Fsp3) is 0.667. The summed E-state index contributed by atoms with van der Waals surface area (Å²) in [7, 11) is 4.10. The fourth-order valence-electron chi connectivity index (χ4n) is 1.58. The summed E-state index contributed by atoms with van der Waals surface area (Å²) in [5.41, 5.74) is 6.59. The highest BCUT2D eigenvalue weighted by Gasteiger charge is 2.02. The number of furan rings is 1. The van der Waals surface area contributed by atoms with Crippen molar-refractivity contribution >= 4 is 0 Å². The van der Waals surface area contributed by atoms with Crippen LogP contribution in [-0.4, -0.2) is 45.2 Å². The quantitative estimate of drug-likeness (QED) is 0.529. The molecule has 0 saturated carbocycles. The van der Waals surface area contributed by atoms with Gasteiger partial charge in [-0.15, -0.1) is 0 Å². The Hall–Kier alpha value is -0.880. The zero-order valence-electron chi connectivity index (χ0n) is 10.8. The molecule has 0 aliphatic carbocycles. The predicted molar refractivity (Wildman–Crippen MR) is 69.7 cm³/mol. The maximum absolute atomic E-state index is 5.46. The molecule has 1 heterocycles. The van der Waals surface area contributed by atoms with E-state index in [1.165, 1.54) is 5.56 Å². The van der Waals surface area contributed by atoms with Gasteiger partial charge in [0, 0.05) is 38.3 Å². The topological polar surface area (TPSA) is 66.5 Å². The van der Waals surface area contributed by atoms with Crippen molar-refractivity contribution in [2.75, 3.05) is 40.3 Å². The van der Waals surface area contributed by atoms with Crippen LogP contribution in [0.25, 0.3) is 0 Å². The molecule has 98 valence electrons. The third-order valence-corrected chi connectivity index (χ3v) is 2.31. The Bertz CT molecular complexity index is 298. The van der Waals surface area contributed by atoms with Gasteiger partial charge in [-0.1, -0.05) is 0 Å². The second kappa shape index (κ2) is 8.25. The van der Waals surface area contributed by atoms with E-state index in [-0.39, 0.29) is 0 Å². The Labute approximate surface area is 103 Å². The maximum Gasteiger partial charge on any atom is 0.117 e. The van der Waals surface area contributed by atoms with Gasteiger partial charge < -0.3 is 25.7 Å². The molecule has 0 fully saturated rings. The van der Waals surface area contributed by atoms with Crippen LogP contribution in [0.15, 0.2) is 16.7 Å². The van der Waals surface area contributed by atoms with Gasteiger partial charge in [-0.25, -0.2) is 0 Å². The van der Waals surface area contributed by atoms with Crippen LogP contribution in [0.2, 0.25) is 0 Å². The molecule has 0 aromatic carbocycles. The minimum absolute atomic E-state index is 0.687. The van der Waals surface area contributed by atoms with Gasteiger partial charge in [0.2, 0.25) is 0 Å². The van der Waals surface area contributed by atoms with E-state index < -0.39 is 0 Å². The highest BCUT2D eigenvalue weighted by molar-refractivity contribution is 5.12. The van der Waals surface area contributed by atoms with E-state index in [4.69, 9.17) is 10.2 Å². The normalized spacial score (nSPS) is 11.3. The fourth-order valence-corrected chi connectivity index (χ4v) is 1.58. The summed E-state index contributed by atoms with van der Waals surface area (Å²) < 4.78 is 5.46. The number of nitrogens with zero attached hydrogens (tertiary/aromatic N) is 1. The average molecular weight is 240 g/mol. The first-order valence-electron chi connectivity index (χ1n) is 6.05. The predicted octanol–water partition coefficient (Wildman–Crippen LogP) is -0.0209. The summed E-state index contributed by atoms with van der Waals surface area (Å²) in [5, 5.41) is 6.54. The van der Waals surface area contributed by atoms with Crippen LogP contribution in [0.1, 0.15) is 11.3 Å². The van der Waals surface area contributed by atoms with Crippen molar-refractivity contribution in [3.63, 3.8) is 0 Å². The molecule has 0 bridgehead atoms. The lowest BCUT2D eigenvalue weighted by Crippen LogP contribution is -2.30. The van der Waals surface area contributed by atoms with E-state index in [1.54, 1.807) is 0 Å². The van der Waals surface area contributed by atoms with Crippen molar-refractivity contribution in [3.05, 3.63) is 23.7 Å². The summed E-state index contributed by atoms with van der Waals surface area (Å²) in [6.45, 7) is 5.10. The summed E-state index contributed by atoms with van der Waals surface area (Å²) >= 11 is 0. The maximum atomic E-state index is 5.46. The number of hydrogen-bond acceptors (Lipinski definition) is 5. The number of nitrogens with one attached hydrogen (secondary N) is 2. The van der Waals surface area contributed by atoms with Crippen molar-refractivity contribution in [1.82, 2.24) is 15.5 Å². The Morgan fingerprint density at radius 1 is 1.24 bits per heavy atom. The zero-order valence-corrected chi connectivity index (χ0v) is 10.8. The van der Waals surface area contributed by atoms with Crippen LogP contribution in [0.4, 0.5) is 0 Å². The lowest BCUT2D eigenvalue weighted by molar-refractivity contribution is 0.399. The van der Waals surface area contributed by atoms with E-state index in [0.29, 0.717) is 6.54 Å². The lowest BCUT2D eigenvalue weighted by Gasteiger charge is -2.05. The molecular weight excluding hydrogens is 216 g/mol. The molecule has 0 aliphatic heterocycles.